The second-order valence-electron chi connectivity index (χ2n) is 3.94. The van der Waals surface area contributed by atoms with Crippen molar-refractivity contribution >= 4 is 27.8 Å². The van der Waals surface area contributed by atoms with Crippen LogP contribution < -0.4 is 5.32 Å². The Morgan fingerprint density at radius 1 is 1.25 bits per heavy atom. The zero-order valence-electron chi connectivity index (χ0n) is 10.5. The smallest absolute Gasteiger partial charge is 0.338 e. The van der Waals surface area contributed by atoms with E-state index in [2.05, 4.69) is 21.2 Å². The molecule has 0 aliphatic rings. The number of rotatable bonds is 5. The molecule has 0 radical (unpaired) electrons. The summed E-state index contributed by atoms with van der Waals surface area (Å²) in [4.78, 5) is 23.2. The van der Waals surface area contributed by atoms with Gasteiger partial charge in [0.1, 0.15) is 5.76 Å². The predicted molar refractivity (Wildman–Crippen MR) is 75.0 cm³/mol. The van der Waals surface area contributed by atoms with Crippen molar-refractivity contribution < 1.29 is 18.7 Å². The van der Waals surface area contributed by atoms with Crippen molar-refractivity contribution in [3.63, 3.8) is 0 Å². The third-order valence-corrected chi connectivity index (χ3v) is 2.93. The minimum Gasteiger partial charge on any atom is -0.467 e. The van der Waals surface area contributed by atoms with Gasteiger partial charge in [-0.2, -0.15) is 0 Å². The Morgan fingerprint density at radius 2 is 2.10 bits per heavy atom. The van der Waals surface area contributed by atoms with Crippen LogP contribution in [0.25, 0.3) is 0 Å². The van der Waals surface area contributed by atoms with Crippen LogP contribution in [0.2, 0.25) is 0 Å². The zero-order chi connectivity index (χ0) is 14.4. The summed E-state index contributed by atoms with van der Waals surface area (Å²) in [6, 6.07) is 10.2. The SMILES string of the molecule is O=C(COC(=O)c1cccc(Br)c1)NCc1ccco1. The number of halogens is 1. The van der Waals surface area contributed by atoms with E-state index in [1.807, 2.05) is 0 Å². The van der Waals surface area contributed by atoms with Gasteiger partial charge in [-0.1, -0.05) is 22.0 Å². The molecule has 1 aromatic heterocycles. The van der Waals surface area contributed by atoms with Crippen LogP contribution in [0, 0.1) is 0 Å². The second kappa shape index (κ2) is 6.91. The summed E-state index contributed by atoms with van der Waals surface area (Å²) in [5.41, 5.74) is 0.387. The lowest BCUT2D eigenvalue weighted by Gasteiger charge is -2.05. The Hall–Kier alpha value is -2.08. The average Bonchev–Trinajstić information content (AvgIpc) is 2.95. The Bertz CT molecular complexity index is 595. The maximum atomic E-state index is 11.7. The molecule has 0 atom stereocenters. The molecule has 0 fully saturated rings. The highest BCUT2D eigenvalue weighted by Gasteiger charge is 2.10. The van der Waals surface area contributed by atoms with Crippen molar-refractivity contribution in [2.24, 2.45) is 0 Å². The predicted octanol–water partition coefficient (Wildman–Crippen LogP) is 2.52. The van der Waals surface area contributed by atoms with Gasteiger partial charge in [0.05, 0.1) is 18.4 Å². The second-order valence-corrected chi connectivity index (χ2v) is 4.86. The number of carbonyl (C=O) groups is 2. The van der Waals surface area contributed by atoms with Crippen molar-refractivity contribution in [2.75, 3.05) is 6.61 Å². The van der Waals surface area contributed by atoms with Crippen molar-refractivity contribution in [1.29, 1.82) is 0 Å². The number of esters is 1. The van der Waals surface area contributed by atoms with Gasteiger partial charge >= 0.3 is 5.97 Å². The molecule has 104 valence electrons. The van der Waals surface area contributed by atoms with Crippen LogP contribution in [-0.2, 0) is 16.1 Å². The quantitative estimate of drug-likeness (QED) is 0.851. The lowest BCUT2D eigenvalue weighted by molar-refractivity contribution is -0.124. The minimum atomic E-state index is -0.542. The van der Waals surface area contributed by atoms with E-state index in [4.69, 9.17) is 9.15 Å². The highest BCUT2D eigenvalue weighted by molar-refractivity contribution is 9.10. The van der Waals surface area contributed by atoms with Crippen LogP contribution in [0.1, 0.15) is 16.1 Å². The summed E-state index contributed by atoms with van der Waals surface area (Å²) in [7, 11) is 0. The fourth-order valence-corrected chi connectivity index (χ4v) is 1.88. The first-order valence-electron chi connectivity index (χ1n) is 5.87. The van der Waals surface area contributed by atoms with E-state index in [9.17, 15) is 9.59 Å². The van der Waals surface area contributed by atoms with Crippen LogP contribution in [-0.4, -0.2) is 18.5 Å². The van der Waals surface area contributed by atoms with Crippen molar-refractivity contribution in [1.82, 2.24) is 5.32 Å². The summed E-state index contributed by atoms with van der Waals surface area (Å²) < 4.78 is 10.7. The maximum absolute atomic E-state index is 11.7. The average molecular weight is 338 g/mol. The number of ether oxygens (including phenoxy) is 1. The number of nitrogens with one attached hydrogen (secondary N) is 1. The largest absolute Gasteiger partial charge is 0.467 e. The Morgan fingerprint density at radius 3 is 2.80 bits per heavy atom. The fourth-order valence-electron chi connectivity index (χ4n) is 1.48. The van der Waals surface area contributed by atoms with Gasteiger partial charge < -0.3 is 14.5 Å². The van der Waals surface area contributed by atoms with Gasteiger partial charge in [-0.15, -0.1) is 0 Å². The van der Waals surface area contributed by atoms with Gasteiger partial charge in [0.2, 0.25) is 0 Å². The van der Waals surface area contributed by atoms with E-state index in [0.717, 1.165) is 4.47 Å². The molecule has 1 aromatic carbocycles. The van der Waals surface area contributed by atoms with E-state index in [-0.39, 0.29) is 19.1 Å². The van der Waals surface area contributed by atoms with Crippen LogP contribution >= 0.6 is 15.9 Å². The van der Waals surface area contributed by atoms with Crippen LogP contribution in [0.15, 0.2) is 51.6 Å². The molecule has 0 spiro atoms. The highest BCUT2D eigenvalue weighted by atomic mass is 79.9. The molecule has 2 rings (SSSR count). The molecular weight excluding hydrogens is 326 g/mol. The van der Waals surface area contributed by atoms with E-state index in [0.29, 0.717) is 11.3 Å². The molecule has 5 nitrogen and oxygen atoms in total. The zero-order valence-corrected chi connectivity index (χ0v) is 12.1. The number of furan rings is 1. The molecule has 0 unspecified atom stereocenters. The molecule has 20 heavy (non-hydrogen) atoms. The van der Waals surface area contributed by atoms with Crippen molar-refractivity contribution in [3.05, 3.63) is 58.5 Å². The number of amides is 1. The van der Waals surface area contributed by atoms with Crippen LogP contribution in [0.5, 0.6) is 0 Å². The first kappa shape index (κ1) is 14.3. The molecule has 1 N–H and O–H groups in total. The molecule has 0 aliphatic heterocycles. The molecule has 2 aromatic rings. The maximum Gasteiger partial charge on any atom is 0.338 e. The Balaban J connectivity index is 1.77. The molecule has 0 aliphatic carbocycles. The first-order chi connectivity index (χ1) is 9.65. The van der Waals surface area contributed by atoms with Gasteiger partial charge in [-0.25, -0.2) is 4.79 Å². The lowest BCUT2D eigenvalue weighted by atomic mass is 10.2. The molecule has 1 amide bonds. The minimum absolute atomic E-state index is 0.264. The molecule has 6 heteroatoms. The van der Waals surface area contributed by atoms with E-state index < -0.39 is 5.97 Å². The van der Waals surface area contributed by atoms with Gasteiger partial charge in [0.15, 0.2) is 6.61 Å². The number of benzene rings is 1. The summed E-state index contributed by atoms with van der Waals surface area (Å²) in [5.74, 6) is -0.291. The van der Waals surface area contributed by atoms with Gasteiger partial charge in [-0.3, -0.25) is 4.79 Å². The van der Waals surface area contributed by atoms with E-state index in [1.54, 1.807) is 36.4 Å². The Labute approximate surface area is 124 Å². The number of hydrogen-bond acceptors (Lipinski definition) is 4. The lowest BCUT2D eigenvalue weighted by Crippen LogP contribution is -2.28. The van der Waals surface area contributed by atoms with Crippen molar-refractivity contribution in [3.8, 4) is 0 Å². The van der Waals surface area contributed by atoms with Crippen molar-refractivity contribution in [2.45, 2.75) is 6.54 Å². The molecular formula is C14H12BrNO4. The third-order valence-electron chi connectivity index (χ3n) is 2.43. The molecule has 1 heterocycles. The summed E-state index contributed by atoms with van der Waals surface area (Å²) in [5, 5.41) is 2.58. The van der Waals surface area contributed by atoms with E-state index in [1.165, 1.54) is 6.26 Å². The summed E-state index contributed by atoms with van der Waals surface area (Å²) >= 11 is 3.26. The monoisotopic (exact) mass is 337 g/mol. The number of carbonyl (C=O) groups excluding carboxylic acids is 2. The summed E-state index contributed by atoms with van der Waals surface area (Å²) in [6.07, 6.45) is 1.52. The van der Waals surface area contributed by atoms with Gasteiger partial charge in [-0.05, 0) is 30.3 Å². The summed E-state index contributed by atoms with van der Waals surface area (Å²) in [6.45, 7) is -0.0632. The normalized spacial score (nSPS) is 10.1. The molecule has 0 saturated heterocycles. The first-order valence-corrected chi connectivity index (χ1v) is 6.66. The third kappa shape index (κ3) is 4.24. The van der Waals surface area contributed by atoms with Gasteiger partial charge in [0, 0.05) is 4.47 Å². The highest BCUT2D eigenvalue weighted by Crippen LogP contribution is 2.12. The Kier molecular flexibility index (Phi) is 4.95. The van der Waals surface area contributed by atoms with Crippen LogP contribution in [0.4, 0.5) is 0 Å². The van der Waals surface area contributed by atoms with Gasteiger partial charge in [0.25, 0.3) is 5.91 Å². The number of hydrogen-bond donors (Lipinski definition) is 1. The standard InChI is InChI=1S/C14H12BrNO4/c15-11-4-1-3-10(7-11)14(18)20-9-13(17)16-8-12-5-2-6-19-12/h1-7H,8-9H2,(H,16,17). The van der Waals surface area contributed by atoms with E-state index >= 15 is 0 Å². The fraction of sp³-hybridized carbons (Fsp3) is 0.143. The van der Waals surface area contributed by atoms with Crippen LogP contribution in [0.3, 0.4) is 0 Å². The topological polar surface area (TPSA) is 68.5 Å². The molecule has 0 bridgehead atoms. The molecule has 0 saturated carbocycles.